The van der Waals surface area contributed by atoms with E-state index in [1.165, 1.54) is 37.8 Å². The zero-order valence-corrected chi connectivity index (χ0v) is 14.7. The maximum absolute atomic E-state index is 12.7. The van der Waals surface area contributed by atoms with Gasteiger partial charge in [0.25, 0.3) is 0 Å². The fourth-order valence-corrected chi connectivity index (χ4v) is 3.20. The summed E-state index contributed by atoms with van der Waals surface area (Å²) in [7, 11) is 0. The first-order valence-electron chi connectivity index (χ1n) is 8.97. The number of nitrogens with one attached hydrogen (secondary N) is 2. The van der Waals surface area contributed by atoms with Crippen molar-refractivity contribution in [2.75, 3.05) is 10.6 Å². The highest BCUT2D eigenvalue weighted by molar-refractivity contribution is 5.56. The lowest BCUT2D eigenvalue weighted by atomic mass is 10.1. The summed E-state index contributed by atoms with van der Waals surface area (Å²) in [5.74, 6) is 1.12. The van der Waals surface area contributed by atoms with E-state index in [0.29, 0.717) is 17.7 Å². The molecule has 1 aromatic carbocycles. The van der Waals surface area contributed by atoms with Gasteiger partial charge in [-0.25, -0.2) is 4.98 Å². The van der Waals surface area contributed by atoms with Crippen molar-refractivity contribution in [3.05, 3.63) is 41.6 Å². The Bertz CT molecular complexity index is 721. The van der Waals surface area contributed by atoms with Gasteiger partial charge >= 0.3 is 6.18 Å². The van der Waals surface area contributed by atoms with Crippen molar-refractivity contribution in [3.63, 3.8) is 0 Å². The first-order chi connectivity index (χ1) is 12.4. The molecule has 1 aliphatic carbocycles. The van der Waals surface area contributed by atoms with Gasteiger partial charge in [0, 0.05) is 23.5 Å². The van der Waals surface area contributed by atoms with Gasteiger partial charge in [0.2, 0.25) is 5.95 Å². The maximum Gasteiger partial charge on any atom is 0.416 e. The summed E-state index contributed by atoms with van der Waals surface area (Å²) >= 11 is 0. The van der Waals surface area contributed by atoms with Crippen LogP contribution >= 0.6 is 0 Å². The average molecular weight is 364 g/mol. The van der Waals surface area contributed by atoms with Crippen LogP contribution < -0.4 is 10.6 Å². The lowest BCUT2D eigenvalue weighted by Gasteiger charge is -2.18. The van der Waals surface area contributed by atoms with Gasteiger partial charge < -0.3 is 10.6 Å². The lowest BCUT2D eigenvalue weighted by molar-refractivity contribution is -0.137. The van der Waals surface area contributed by atoms with E-state index in [1.807, 2.05) is 13.0 Å². The van der Waals surface area contributed by atoms with Gasteiger partial charge in [-0.3, -0.25) is 0 Å². The van der Waals surface area contributed by atoms with Crippen LogP contribution in [-0.4, -0.2) is 16.0 Å². The van der Waals surface area contributed by atoms with Crippen molar-refractivity contribution in [3.8, 4) is 0 Å². The second-order valence-electron chi connectivity index (χ2n) is 6.75. The van der Waals surface area contributed by atoms with E-state index in [4.69, 9.17) is 0 Å². The Labute approximate surface area is 151 Å². The summed E-state index contributed by atoms with van der Waals surface area (Å²) in [5, 5.41) is 6.46. The highest BCUT2D eigenvalue weighted by atomic mass is 19.4. The SMILES string of the molecule is Cc1cc(NC2CCCCCC2)nc(Nc2ccc(C(F)(F)F)cc2)n1. The molecule has 1 aromatic heterocycles. The zero-order chi connectivity index (χ0) is 18.6. The van der Waals surface area contributed by atoms with Gasteiger partial charge in [-0.2, -0.15) is 18.2 Å². The number of nitrogens with zero attached hydrogens (tertiary/aromatic N) is 2. The molecule has 1 aliphatic rings. The molecular weight excluding hydrogens is 341 g/mol. The second kappa shape index (κ2) is 7.93. The zero-order valence-electron chi connectivity index (χ0n) is 14.7. The molecular formula is C19H23F3N4. The summed E-state index contributed by atoms with van der Waals surface area (Å²) in [6.07, 6.45) is 2.92. The minimum Gasteiger partial charge on any atom is -0.367 e. The molecule has 3 rings (SSSR count). The third-order valence-electron chi connectivity index (χ3n) is 4.53. The van der Waals surface area contributed by atoms with E-state index >= 15 is 0 Å². The fraction of sp³-hybridized carbons (Fsp3) is 0.474. The lowest BCUT2D eigenvalue weighted by Crippen LogP contribution is -2.19. The number of aromatic nitrogens is 2. The standard InChI is InChI=1S/C19H23F3N4/c1-13-12-17(24-15-6-4-2-3-5-7-15)26-18(23-13)25-16-10-8-14(9-11-16)19(20,21)22/h8-12,15H,2-7H2,1H3,(H2,23,24,25,26). The Morgan fingerprint density at radius 2 is 1.62 bits per heavy atom. The first-order valence-corrected chi connectivity index (χ1v) is 8.97. The summed E-state index contributed by atoms with van der Waals surface area (Å²) in [6.45, 7) is 1.87. The molecule has 0 atom stereocenters. The molecule has 2 aromatic rings. The minimum absolute atomic E-state index is 0.376. The first kappa shape index (κ1) is 18.5. The van der Waals surface area contributed by atoms with Crippen molar-refractivity contribution in [2.45, 2.75) is 57.7 Å². The number of anilines is 3. The number of alkyl halides is 3. The van der Waals surface area contributed by atoms with Crippen LogP contribution in [-0.2, 0) is 6.18 Å². The van der Waals surface area contributed by atoms with Gasteiger partial charge in [-0.05, 0) is 44.0 Å². The average Bonchev–Trinajstić information content (AvgIpc) is 2.82. The normalized spacial score (nSPS) is 16.2. The molecule has 0 amide bonds. The van der Waals surface area contributed by atoms with Crippen LogP contribution in [0.3, 0.4) is 0 Å². The van der Waals surface area contributed by atoms with E-state index in [9.17, 15) is 13.2 Å². The number of benzene rings is 1. The summed E-state index contributed by atoms with van der Waals surface area (Å²) in [5.41, 5.74) is 0.637. The Balaban J connectivity index is 1.71. The summed E-state index contributed by atoms with van der Waals surface area (Å²) in [4.78, 5) is 8.80. The Kier molecular flexibility index (Phi) is 5.64. The highest BCUT2D eigenvalue weighted by Gasteiger charge is 2.29. The molecule has 0 aliphatic heterocycles. The molecule has 26 heavy (non-hydrogen) atoms. The third-order valence-corrected chi connectivity index (χ3v) is 4.53. The molecule has 140 valence electrons. The van der Waals surface area contributed by atoms with Crippen molar-refractivity contribution in [2.24, 2.45) is 0 Å². The summed E-state index contributed by atoms with van der Waals surface area (Å²) < 4.78 is 38.0. The number of aryl methyl sites for hydroxylation is 1. The molecule has 7 heteroatoms. The van der Waals surface area contributed by atoms with Gasteiger partial charge in [0.05, 0.1) is 5.56 Å². The molecule has 0 spiro atoms. The number of halogens is 3. The van der Waals surface area contributed by atoms with E-state index in [-0.39, 0.29) is 0 Å². The molecule has 0 unspecified atom stereocenters. The third kappa shape index (κ3) is 5.09. The second-order valence-corrected chi connectivity index (χ2v) is 6.75. The summed E-state index contributed by atoms with van der Waals surface area (Å²) in [6, 6.07) is 7.15. The van der Waals surface area contributed by atoms with Gasteiger partial charge in [0.1, 0.15) is 5.82 Å². The molecule has 1 heterocycles. The van der Waals surface area contributed by atoms with E-state index < -0.39 is 11.7 Å². The Morgan fingerprint density at radius 1 is 0.962 bits per heavy atom. The highest BCUT2D eigenvalue weighted by Crippen LogP contribution is 2.30. The van der Waals surface area contributed by atoms with Crippen LogP contribution in [0.2, 0.25) is 0 Å². The van der Waals surface area contributed by atoms with Gasteiger partial charge in [-0.15, -0.1) is 0 Å². The van der Waals surface area contributed by atoms with Crippen LogP contribution in [0.5, 0.6) is 0 Å². The Hall–Kier alpha value is -2.31. The molecule has 2 N–H and O–H groups in total. The number of rotatable bonds is 4. The van der Waals surface area contributed by atoms with Crippen LogP contribution in [0.1, 0.15) is 49.8 Å². The van der Waals surface area contributed by atoms with Crippen molar-refractivity contribution >= 4 is 17.5 Å². The number of hydrogen-bond acceptors (Lipinski definition) is 4. The Morgan fingerprint density at radius 3 is 2.23 bits per heavy atom. The molecule has 1 fully saturated rings. The molecule has 0 bridgehead atoms. The van der Waals surface area contributed by atoms with Gasteiger partial charge in [-0.1, -0.05) is 25.7 Å². The molecule has 1 saturated carbocycles. The molecule has 4 nitrogen and oxygen atoms in total. The fourth-order valence-electron chi connectivity index (χ4n) is 3.20. The predicted molar refractivity (Wildman–Crippen MR) is 96.6 cm³/mol. The van der Waals surface area contributed by atoms with Crippen molar-refractivity contribution in [1.29, 1.82) is 0 Å². The number of hydrogen-bond donors (Lipinski definition) is 2. The molecule has 0 saturated heterocycles. The van der Waals surface area contributed by atoms with Crippen molar-refractivity contribution < 1.29 is 13.2 Å². The predicted octanol–water partition coefficient (Wildman–Crippen LogP) is 5.68. The smallest absolute Gasteiger partial charge is 0.367 e. The van der Waals surface area contributed by atoms with Gasteiger partial charge in [0.15, 0.2) is 0 Å². The van der Waals surface area contributed by atoms with Crippen LogP contribution in [0.25, 0.3) is 0 Å². The van der Waals surface area contributed by atoms with Crippen molar-refractivity contribution in [1.82, 2.24) is 9.97 Å². The minimum atomic E-state index is -4.34. The van der Waals surface area contributed by atoms with E-state index in [1.54, 1.807) is 0 Å². The van der Waals surface area contributed by atoms with E-state index in [2.05, 4.69) is 20.6 Å². The largest absolute Gasteiger partial charge is 0.416 e. The maximum atomic E-state index is 12.7. The quantitative estimate of drug-likeness (QED) is 0.685. The van der Waals surface area contributed by atoms with Crippen LogP contribution in [0.15, 0.2) is 30.3 Å². The molecule has 0 radical (unpaired) electrons. The van der Waals surface area contributed by atoms with Crippen LogP contribution in [0.4, 0.5) is 30.6 Å². The van der Waals surface area contributed by atoms with Crippen LogP contribution in [0, 0.1) is 6.92 Å². The van der Waals surface area contributed by atoms with E-state index in [0.717, 1.165) is 36.5 Å². The monoisotopic (exact) mass is 364 g/mol. The topological polar surface area (TPSA) is 49.8 Å².